The Labute approximate surface area is 118 Å². The lowest BCUT2D eigenvalue weighted by atomic mass is 10.3. The smallest absolute Gasteiger partial charge is 0.250 e. The SMILES string of the molecule is COCCCNS(=O)(=O)c1cc(CNC2CC2)cs1. The van der Waals surface area contributed by atoms with Gasteiger partial charge in [-0.1, -0.05) is 0 Å². The van der Waals surface area contributed by atoms with E-state index in [9.17, 15) is 8.42 Å². The first kappa shape index (κ1) is 14.9. The molecule has 0 aliphatic heterocycles. The van der Waals surface area contributed by atoms with E-state index < -0.39 is 10.0 Å². The minimum absolute atomic E-state index is 0.387. The molecule has 108 valence electrons. The Bertz CT molecular complexity index is 495. The molecule has 5 nitrogen and oxygen atoms in total. The van der Waals surface area contributed by atoms with Crippen LogP contribution >= 0.6 is 11.3 Å². The zero-order valence-electron chi connectivity index (χ0n) is 11.0. The van der Waals surface area contributed by atoms with Gasteiger partial charge < -0.3 is 10.1 Å². The highest BCUT2D eigenvalue weighted by atomic mass is 32.2. The summed E-state index contributed by atoms with van der Waals surface area (Å²) < 4.78 is 31.9. The maximum absolute atomic E-state index is 12.0. The molecular weight excluding hydrogens is 284 g/mol. The predicted molar refractivity (Wildman–Crippen MR) is 75.9 cm³/mol. The maximum atomic E-state index is 12.0. The molecule has 0 radical (unpaired) electrons. The van der Waals surface area contributed by atoms with Crippen molar-refractivity contribution in [2.24, 2.45) is 0 Å². The van der Waals surface area contributed by atoms with Gasteiger partial charge in [0.25, 0.3) is 0 Å². The molecule has 0 amide bonds. The highest BCUT2D eigenvalue weighted by Crippen LogP contribution is 2.22. The molecule has 1 aromatic heterocycles. The Kier molecular flexibility index (Phi) is 5.35. The van der Waals surface area contributed by atoms with Crippen molar-refractivity contribution in [2.45, 2.75) is 36.1 Å². The zero-order valence-corrected chi connectivity index (χ0v) is 12.6. The van der Waals surface area contributed by atoms with Crippen molar-refractivity contribution in [3.8, 4) is 0 Å². The van der Waals surface area contributed by atoms with Gasteiger partial charge in [0.05, 0.1) is 0 Å². The van der Waals surface area contributed by atoms with Crippen molar-refractivity contribution >= 4 is 21.4 Å². The van der Waals surface area contributed by atoms with Crippen molar-refractivity contribution in [2.75, 3.05) is 20.3 Å². The van der Waals surface area contributed by atoms with E-state index >= 15 is 0 Å². The number of hydrogen-bond acceptors (Lipinski definition) is 5. The number of nitrogens with one attached hydrogen (secondary N) is 2. The highest BCUT2D eigenvalue weighted by Gasteiger charge is 2.21. The second-order valence-electron chi connectivity index (χ2n) is 4.67. The Morgan fingerprint density at radius 3 is 2.95 bits per heavy atom. The van der Waals surface area contributed by atoms with Gasteiger partial charge in [0, 0.05) is 32.8 Å². The first-order valence-corrected chi connectivity index (χ1v) is 8.77. The monoisotopic (exact) mass is 304 g/mol. The van der Waals surface area contributed by atoms with Crippen molar-refractivity contribution in [1.29, 1.82) is 0 Å². The molecule has 0 aromatic carbocycles. The molecule has 1 fully saturated rings. The van der Waals surface area contributed by atoms with Gasteiger partial charge in [-0.2, -0.15) is 0 Å². The van der Waals surface area contributed by atoms with Crippen LogP contribution in [0.3, 0.4) is 0 Å². The molecule has 7 heteroatoms. The fourth-order valence-corrected chi connectivity index (χ4v) is 3.96. The highest BCUT2D eigenvalue weighted by molar-refractivity contribution is 7.91. The molecule has 0 spiro atoms. The Morgan fingerprint density at radius 1 is 1.47 bits per heavy atom. The number of rotatable bonds is 9. The van der Waals surface area contributed by atoms with E-state index in [1.165, 1.54) is 24.2 Å². The standard InChI is InChI=1S/C12H20N2O3S2/c1-17-6-2-5-14-19(15,16)12-7-10(9-18-12)8-13-11-3-4-11/h7,9,11,13-14H,2-6,8H2,1H3. The van der Waals surface area contributed by atoms with E-state index in [0.29, 0.717) is 29.8 Å². The molecule has 0 unspecified atom stereocenters. The molecular formula is C12H20N2O3S2. The third-order valence-electron chi connectivity index (χ3n) is 2.88. The molecule has 1 saturated carbocycles. The van der Waals surface area contributed by atoms with Gasteiger partial charge in [-0.15, -0.1) is 11.3 Å². The lowest BCUT2D eigenvalue weighted by Crippen LogP contribution is -2.24. The number of methoxy groups -OCH3 is 1. The van der Waals surface area contributed by atoms with E-state index in [4.69, 9.17) is 4.74 Å². The third kappa shape index (κ3) is 4.85. The quantitative estimate of drug-likeness (QED) is 0.675. The Morgan fingerprint density at radius 2 is 2.26 bits per heavy atom. The third-order valence-corrected chi connectivity index (χ3v) is 5.83. The van der Waals surface area contributed by atoms with Crippen LogP contribution in [0.1, 0.15) is 24.8 Å². The van der Waals surface area contributed by atoms with E-state index in [0.717, 1.165) is 12.1 Å². The van der Waals surface area contributed by atoms with E-state index in [1.54, 1.807) is 13.2 Å². The lowest BCUT2D eigenvalue weighted by molar-refractivity contribution is 0.196. The second kappa shape index (κ2) is 6.81. The summed E-state index contributed by atoms with van der Waals surface area (Å²) in [5.74, 6) is 0. The lowest BCUT2D eigenvalue weighted by Gasteiger charge is -2.04. The first-order chi connectivity index (χ1) is 9.12. The van der Waals surface area contributed by atoms with Crippen molar-refractivity contribution in [3.63, 3.8) is 0 Å². The van der Waals surface area contributed by atoms with Crippen LogP contribution in [-0.4, -0.2) is 34.7 Å². The average Bonchev–Trinajstić information content (AvgIpc) is 3.08. The summed E-state index contributed by atoms with van der Waals surface area (Å²) in [7, 11) is -1.75. The molecule has 1 heterocycles. The van der Waals surface area contributed by atoms with Crippen molar-refractivity contribution < 1.29 is 13.2 Å². The summed E-state index contributed by atoms with van der Waals surface area (Å²) in [5, 5.41) is 5.27. The second-order valence-corrected chi connectivity index (χ2v) is 7.58. The summed E-state index contributed by atoms with van der Waals surface area (Å²) >= 11 is 1.27. The largest absolute Gasteiger partial charge is 0.385 e. The molecule has 0 bridgehead atoms. The van der Waals surface area contributed by atoms with E-state index in [-0.39, 0.29) is 0 Å². The van der Waals surface area contributed by atoms with Crippen LogP contribution < -0.4 is 10.0 Å². The fourth-order valence-electron chi connectivity index (χ4n) is 1.63. The number of thiophene rings is 1. The molecule has 0 saturated heterocycles. The fraction of sp³-hybridized carbons (Fsp3) is 0.667. The zero-order chi connectivity index (χ0) is 13.7. The van der Waals surface area contributed by atoms with Crippen LogP contribution in [0.5, 0.6) is 0 Å². The molecule has 1 aromatic rings. The molecule has 2 rings (SSSR count). The molecule has 1 aliphatic rings. The summed E-state index contributed by atoms with van der Waals surface area (Å²) in [5.41, 5.74) is 1.04. The normalized spacial score (nSPS) is 15.8. The first-order valence-electron chi connectivity index (χ1n) is 6.41. The van der Waals surface area contributed by atoms with Gasteiger partial charge in [0.1, 0.15) is 4.21 Å². The number of sulfonamides is 1. The van der Waals surface area contributed by atoms with E-state index in [1.807, 2.05) is 5.38 Å². The molecule has 19 heavy (non-hydrogen) atoms. The summed E-state index contributed by atoms with van der Waals surface area (Å²) in [6, 6.07) is 2.38. The number of ether oxygens (including phenoxy) is 1. The van der Waals surface area contributed by atoms with Crippen molar-refractivity contribution in [1.82, 2.24) is 10.0 Å². The van der Waals surface area contributed by atoms with Gasteiger partial charge in [0.2, 0.25) is 10.0 Å². The van der Waals surface area contributed by atoms with Gasteiger partial charge in [-0.3, -0.25) is 0 Å². The maximum Gasteiger partial charge on any atom is 0.250 e. The van der Waals surface area contributed by atoms with Crippen molar-refractivity contribution in [3.05, 3.63) is 17.0 Å². The van der Waals surface area contributed by atoms with Crippen LogP contribution in [0.2, 0.25) is 0 Å². The van der Waals surface area contributed by atoms with Gasteiger partial charge >= 0.3 is 0 Å². The molecule has 0 atom stereocenters. The van der Waals surface area contributed by atoms with Gasteiger partial charge in [-0.05, 0) is 36.3 Å². The van der Waals surface area contributed by atoms with Crippen LogP contribution in [0.25, 0.3) is 0 Å². The Balaban J connectivity index is 1.84. The van der Waals surface area contributed by atoms with Crippen LogP contribution in [-0.2, 0) is 21.3 Å². The van der Waals surface area contributed by atoms with Crippen LogP contribution in [0, 0.1) is 0 Å². The molecule has 2 N–H and O–H groups in total. The van der Waals surface area contributed by atoms with Gasteiger partial charge in [-0.25, -0.2) is 13.1 Å². The van der Waals surface area contributed by atoms with E-state index in [2.05, 4.69) is 10.0 Å². The minimum atomic E-state index is -3.36. The summed E-state index contributed by atoms with van der Waals surface area (Å²) in [4.78, 5) is 0. The summed E-state index contributed by atoms with van der Waals surface area (Å²) in [6.07, 6.45) is 3.14. The van der Waals surface area contributed by atoms with Crippen LogP contribution in [0.4, 0.5) is 0 Å². The number of hydrogen-bond donors (Lipinski definition) is 2. The predicted octanol–water partition coefficient (Wildman–Crippen LogP) is 1.31. The minimum Gasteiger partial charge on any atom is -0.385 e. The Hall–Kier alpha value is -0.470. The average molecular weight is 304 g/mol. The topological polar surface area (TPSA) is 67.4 Å². The summed E-state index contributed by atoms with van der Waals surface area (Å²) in [6.45, 7) is 1.72. The van der Waals surface area contributed by atoms with Gasteiger partial charge in [0.15, 0.2) is 0 Å². The van der Waals surface area contributed by atoms with Crippen LogP contribution in [0.15, 0.2) is 15.7 Å². The molecule has 1 aliphatic carbocycles.